The van der Waals surface area contributed by atoms with E-state index >= 15 is 0 Å². The number of rotatable bonds is 5. The van der Waals surface area contributed by atoms with Gasteiger partial charge in [0.2, 0.25) is 5.91 Å². The molecule has 4 saturated carbocycles. The Bertz CT molecular complexity index is 629. The predicted molar refractivity (Wildman–Crippen MR) is 92.8 cm³/mol. The second-order valence-corrected chi connectivity index (χ2v) is 9.56. The lowest BCUT2D eigenvalue weighted by Gasteiger charge is -2.59. The molecule has 0 aliphatic heterocycles. The molecule has 130 valence electrons. The van der Waals surface area contributed by atoms with Crippen molar-refractivity contribution in [3.05, 3.63) is 24.2 Å². The van der Waals surface area contributed by atoms with Gasteiger partial charge in [-0.05, 0) is 62.5 Å². The Morgan fingerprint density at radius 2 is 1.88 bits per heavy atom. The average Bonchev–Trinajstić information content (AvgIpc) is 3.03. The van der Waals surface area contributed by atoms with Gasteiger partial charge in [0.25, 0.3) is 5.91 Å². The molecular weight excluding hydrogens is 372 g/mol. The van der Waals surface area contributed by atoms with E-state index in [1.807, 2.05) is 0 Å². The van der Waals surface area contributed by atoms with E-state index in [1.165, 1.54) is 25.5 Å². The van der Waals surface area contributed by atoms with Crippen LogP contribution in [0.2, 0.25) is 0 Å². The Kier molecular flexibility index (Phi) is 3.98. The van der Waals surface area contributed by atoms with Crippen LogP contribution in [0.15, 0.2) is 22.8 Å². The molecule has 4 aliphatic rings. The first-order valence-corrected chi connectivity index (χ1v) is 9.56. The molecule has 2 atom stereocenters. The van der Waals surface area contributed by atoms with Gasteiger partial charge in [0.1, 0.15) is 0 Å². The molecule has 4 aliphatic carbocycles. The molecule has 0 aromatic carbocycles. The van der Waals surface area contributed by atoms with Gasteiger partial charge in [-0.15, -0.1) is 0 Å². The summed E-state index contributed by atoms with van der Waals surface area (Å²) >= 11 is 3.94. The van der Waals surface area contributed by atoms with Crippen LogP contribution in [-0.4, -0.2) is 29.2 Å². The highest BCUT2D eigenvalue weighted by molar-refractivity contribution is 9.10. The maximum atomic E-state index is 12.8. The number of nitrogens with one attached hydrogen (secondary N) is 2. The molecule has 2 N–H and O–H groups in total. The van der Waals surface area contributed by atoms with Crippen LogP contribution in [0.1, 0.15) is 49.1 Å². The summed E-state index contributed by atoms with van der Waals surface area (Å²) in [5, 5.41) is 5.82. The molecule has 24 heavy (non-hydrogen) atoms. The van der Waals surface area contributed by atoms with E-state index in [2.05, 4.69) is 26.6 Å². The molecule has 5 nitrogen and oxygen atoms in total. The van der Waals surface area contributed by atoms with Crippen molar-refractivity contribution in [2.45, 2.75) is 42.8 Å². The van der Waals surface area contributed by atoms with Crippen molar-refractivity contribution in [1.82, 2.24) is 10.6 Å². The summed E-state index contributed by atoms with van der Waals surface area (Å²) in [6, 6.07) is 3.30. The summed E-state index contributed by atoms with van der Waals surface area (Å²) in [7, 11) is 0. The Morgan fingerprint density at radius 3 is 2.50 bits per heavy atom. The lowest BCUT2D eigenvalue weighted by molar-refractivity contribution is -0.143. The van der Waals surface area contributed by atoms with E-state index in [1.54, 1.807) is 12.1 Å². The summed E-state index contributed by atoms with van der Waals surface area (Å²) < 4.78 is 5.23. The average molecular weight is 395 g/mol. The zero-order chi connectivity index (χ0) is 16.8. The maximum absolute atomic E-state index is 12.8. The second-order valence-electron chi connectivity index (χ2n) is 7.88. The van der Waals surface area contributed by atoms with Crippen LogP contribution < -0.4 is 10.6 Å². The largest absolute Gasteiger partial charge is 0.459 e. The van der Waals surface area contributed by atoms with E-state index in [-0.39, 0.29) is 21.6 Å². The number of amides is 2. The fourth-order valence-electron chi connectivity index (χ4n) is 5.45. The topological polar surface area (TPSA) is 71.3 Å². The molecule has 0 radical (unpaired) electrons. The predicted octanol–water partition coefficient (Wildman–Crippen LogP) is 2.86. The third-order valence-corrected chi connectivity index (χ3v) is 6.84. The molecule has 1 aromatic rings. The summed E-state index contributed by atoms with van der Waals surface area (Å²) in [6.07, 6.45) is 8.22. The highest BCUT2D eigenvalue weighted by atomic mass is 79.9. The maximum Gasteiger partial charge on any atom is 0.287 e. The molecule has 2 amide bonds. The number of hydrogen-bond donors (Lipinski definition) is 2. The quantitative estimate of drug-likeness (QED) is 0.595. The van der Waals surface area contributed by atoms with Crippen molar-refractivity contribution < 1.29 is 14.0 Å². The molecule has 4 fully saturated rings. The van der Waals surface area contributed by atoms with E-state index in [4.69, 9.17) is 4.42 Å². The van der Waals surface area contributed by atoms with Gasteiger partial charge in [-0.1, -0.05) is 15.9 Å². The van der Waals surface area contributed by atoms with Gasteiger partial charge in [0, 0.05) is 17.4 Å². The van der Waals surface area contributed by atoms with E-state index in [0.717, 1.165) is 19.3 Å². The molecule has 6 heteroatoms. The minimum Gasteiger partial charge on any atom is -0.459 e. The summed E-state index contributed by atoms with van der Waals surface area (Å²) in [6.45, 7) is 0.866. The fourth-order valence-corrected chi connectivity index (χ4v) is 6.90. The van der Waals surface area contributed by atoms with Crippen molar-refractivity contribution in [2.24, 2.45) is 17.3 Å². The first kappa shape index (κ1) is 16.2. The van der Waals surface area contributed by atoms with Gasteiger partial charge in [-0.25, -0.2) is 0 Å². The zero-order valence-electron chi connectivity index (χ0n) is 13.6. The van der Waals surface area contributed by atoms with Gasteiger partial charge in [0.05, 0.1) is 11.7 Å². The Morgan fingerprint density at radius 1 is 1.17 bits per heavy atom. The van der Waals surface area contributed by atoms with Crippen LogP contribution in [0.3, 0.4) is 0 Å². The summed E-state index contributed by atoms with van der Waals surface area (Å²) in [4.78, 5) is 24.6. The van der Waals surface area contributed by atoms with Crippen molar-refractivity contribution >= 4 is 27.7 Å². The standard InChI is InChI=1S/C18H23BrN2O3/c19-18-9-12-6-13(10-18)8-17(7-12,11-18)16(23)21-4-3-20-15(22)14-2-1-5-24-14/h1-2,5,12-13H,3-4,6-11H2,(H,20,22)(H,21,23). The van der Waals surface area contributed by atoms with Crippen molar-refractivity contribution in [3.63, 3.8) is 0 Å². The molecule has 0 saturated heterocycles. The Balaban J connectivity index is 1.30. The number of halogens is 1. The van der Waals surface area contributed by atoms with Gasteiger partial charge in [-0.3, -0.25) is 9.59 Å². The minimum absolute atomic E-state index is 0.174. The monoisotopic (exact) mass is 394 g/mol. The first-order chi connectivity index (χ1) is 11.5. The van der Waals surface area contributed by atoms with Crippen LogP contribution in [0.5, 0.6) is 0 Å². The van der Waals surface area contributed by atoms with Crippen molar-refractivity contribution in [3.8, 4) is 0 Å². The molecule has 1 heterocycles. The van der Waals surface area contributed by atoms with Crippen molar-refractivity contribution in [2.75, 3.05) is 13.1 Å². The Hall–Kier alpha value is -1.30. The number of carbonyl (C=O) groups is 2. The minimum atomic E-state index is -0.247. The van der Waals surface area contributed by atoms with E-state index in [0.29, 0.717) is 30.7 Å². The van der Waals surface area contributed by atoms with Crippen LogP contribution in [0.25, 0.3) is 0 Å². The summed E-state index contributed by atoms with van der Waals surface area (Å²) in [5.41, 5.74) is -0.196. The highest BCUT2D eigenvalue weighted by Crippen LogP contribution is 2.64. The number of hydrogen-bond acceptors (Lipinski definition) is 3. The third kappa shape index (κ3) is 2.89. The first-order valence-electron chi connectivity index (χ1n) is 8.77. The van der Waals surface area contributed by atoms with Gasteiger partial charge < -0.3 is 15.1 Å². The Labute approximate surface area is 150 Å². The molecule has 0 spiro atoms. The number of furan rings is 1. The molecule has 1 aromatic heterocycles. The SMILES string of the molecule is O=C(NCCNC(=O)C12CC3CC(CC(Br)(C3)C1)C2)c1ccco1. The van der Waals surface area contributed by atoms with Gasteiger partial charge in [0.15, 0.2) is 5.76 Å². The smallest absolute Gasteiger partial charge is 0.287 e. The van der Waals surface area contributed by atoms with E-state index in [9.17, 15) is 9.59 Å². The van der Waals surface area contributed by atoms with E-state index < -0.39 is 0 Å². The van der Waals surface area contributed by atoms with Crippen molar-refractivity contribution in [1.29, 1.82) is 0 Å². The highest BCUT2D eigenvalue weighted by Gasteiger charge is 2.59. The molecule has 4 bridgehead atoms. The number of carbonyl (C=O) groups excluding carboxylic acids is 2. The van der Waals surface area contributed by atoms with Crippen LogP contribution >= 0.6 is 15.9 Å². The zero-order valence-corrected chi connectivity index (χ0v) is 15.2. The molecule has 2 unspecified atom stereocenters. The summed E-state index contributed by atoms with van der Waals surface area (Å²) in [5.74, 6) is 1.60. The molecular formula is C18H23BrN2O3. The van der Waals surface area contributed by atoms with Crippen LogP contribution in [0.4, 0.5) is 0 Å². The third-order valence-electron chi connectivity index (χ3n) is 5.91. The lowest BCUT2D eigenvalue weighted by atomic mass is 9.49. The molecule has 5 rings (SSSR count). The number of alkyl halides is 1. The van der Waals surface area contributed by atoms with Crippen LogP contribution in [0, 0.1) is 17.3 Å². The van der Waals surface area contributed by atoms with Crippen LogP contribution in [-0.2, 0) is 4.79 Å². The fraction of sp³-hybridized carbons (Fsp3) is 0.667. The lowest BCUT2D eigenvalue weighted by Crippen LogP contribution is -2.58. The second kappa shape index (κ2) is 5.90. The van der Waals surface area contributed by atoms with Gasteiger partial charge >= 0.3 is 0 Å². The normalized spacial score (nSPS) is 36.5. The van der Waals surface area contributed by atoms with Gasteiger partial charge in [-0.2, -0.15) is 0 Å².